The van der Waals surface area contributed by atoms with Crippen molar-refractivity contribution >= 4 is 5.97 Å². The van der Waals surface area contributed by atoms with Crippen LogP contribution in [0.25, 0.3) is 0 Å². The Bertz CT molecular complexity index is 207. The van der Waals surface area contributed by atoms with E-state index in [0.29, 0.717) is 6.42 Å². The van der Waals surface area contributed by atoms with E-state index in [-0.39, 0.29) is 12.0 Å². The number of aliphatic hydroxyl groups excluding tert-OH is 1. The fourth-order valence-electron chi connectivity index (χ4n) is 2.33. The van der Waals surface area contributed by atoms with Crippen molar-refractivity contribution in [2.45, 2.75) is 52.1 Å². The van der Waals surface area contributed by atoms with Gasteiger partial charge in [-0.2, -0.15) is 0 Å². The highest BCUT2D eigenvalue weighted by atomic mass is 16.4. The summed E-state index contributed by atoms with van der Waals surface area (Å²) in [5, 5.41) is 18.5. The maximum Gasteiger partial charge on any atom is 0.309 e. The molecule has 0 bridgehead atoms. The molecule has 0 aromatic rings. The fraction of sp³-hybridized carbons (Fsp3) is 0.909. The van der Waals surface area contributed by atoms with Gasteiger partial charge in [-0.15, -0.1) is 0 Å². The molecule has 0 aliphatic heterocycles. The molecular formula is C11H20O3. The van der Waals surface area contributed by atoms with Crippen LogP contribution in [0, 0.1) is 11.3 Å². The summed E-state index contributed by atoms with van der Waals surface area (Å²) < 4.78 is 0. The molecule has 3 nitrogen and oxygen atoms in total. The van der Waals surface area contributed by atoms with Crippen LogP contribution in [0.15, 0.2) is 0 Å². The molecular weight excluding hydrogens is 180 g/mol. The Morgan fingerprint density at radius 1 is 1.36 bits per heavy atom. The first kappa shape index (κ1) is 11.5. The molecule has 1 aliphatic carbocycles. The molecule has 0 saturated heterocycles. The molecule has 2 N–H and O–H groups in total. The quantitative estimate of drug-likeness (QED) is 0.733. The number of carboxylic acids is 1. The third-order valence-electron chi connectivity index (χ3n) is 3.82. The lowest BCUT2D eigenvalue weighted by Crippen LogP contribution is -2.38. The van der Waals surface area contributed by atoms with Gasteiger partial charge >= 0.3 is 5.97 Å². The number of aliphatic carboxylic acids is 1. The molecule has 1 rings (SSSR count). The fourth-order valence-corrected chi connectivity index (χ4v) is 2.33. The first-order valence-electron chi connectivity index (χ1n) is 5.42. The number of aliphatic hydroxyl groups is 1. The van der Waals surface area contributed by atoms with Gasteiger partial charge in [0.2, 0.25) is 0 Å². The first-order valence-corrected chi connectivity index (χ1v) is 5.42. The minimum Gasteiger partial charge on any atom is -0.481 e. The largest absolute Gasteiger partial charge is 0.481 e. The van der Waals surface area contributed by atoms with Crippen LogP contribution < -0.4 is 0 Å². The van der Waals surface area contributed by atoms with Gasteiger partial charge in [0, 0.05) is 0 Å². The van der Waals surface area contributed by atoms with E-state index in [1.54, 1.807) is 0 Å². The maximum absolute atomic E-state index is 11.2. The van der Waals surface area contributed by atoms with Crippen LogP contribution in [-0.4, -0.2) is 22.3 Å². The lowest BCUT2D eigenvalue weighted by molar-refractivity contribution is -0.153. The lowest BCUT2D eigenvalue weighted by atomic mass is 9.68. The molecule has 0 spiro atoms. The van der Waals surface area contributed by atoms with Gasteiger partial charge in [-0.3, -0.25) is 4.79 Å². The molecule has 0 amide bonds. The van der Waals surface area contributed by atoms with Crippen molar-refractivity contribution in [1.29, 1.82) is 0 Å². The van der Waals surface area contributed by atoms with Crippen LogP contribution in [0.3, 0.4) is 0 Å². The predicted molar refractivity (Wildman–Crippen MR) is 54.0 cm³/mol. The summed E-state index contributed by atoms with van der Waals surface area (Å²) in [6.07, 6.45) is 3.67. The van der Waals surface area contributed by atoms with Crippen molar-refractivity contribution in [1.82, 2.24) is 0 Å². The second-order valence-corrected chi connectivity index (χ2v) is 4.58. The summed E-state index contributed by atoms with van der Waals surface area (Å²) in [6, 6.07) is 0. The molecule has 3 heteroatoms. The van der Waals surface area contributed by atoms with Gasteiger partial charge in [-0.05, 0) is 44.9 Å². The number of carboxylic acid groups (broad SMARTS) is 1. The van der Waals surface area contributed by atoms with Crippen LogP contribution in [0.5, 0.6) is 0 Å². The van der Waals surface area contributed by atoms with Crippen LogP contribution >= 0.6 is 0 Å². The van der Waals surface area contributed by atoms with Crippen LogP contribution in [0.4, 0.5) is 0 Å². The highest BCUT2D eigenvalue weighted by Gasteiger charge is 2.41. The molecule has 82 valence electrons. The Morgan fingerprint density at radius 3 is 2.21 bits per heavy atom. The smallest absolute Gasteiger partial charge is 0.309 e. The van der Waals surface area contributed by atoms with Gasteiger partial charge in [0.1, 0.15) is 0 Å². The Labute approximate surface area is 85.1 Å². The van der Waals surface area contributed by atoms with E-state index in [1.165, 1.54) is 0 Å². The molecule has 1 aliphatic rings. The molecule has 0 radical (unpaired) electrons. The van der Waals surface area contributed by atoms with Crippen LogP contribution in [0.2, 0.25) is 0 Å². The van der Waals surface area contributed by atoms with Gasteiger partial charge in [-0.25, -0.2) is 0 Å². The van der Waals surface area contributed by atoms with E-state index in [0.717, 1.165) is 25.7 Å². The third kappa shape index (κ3) is 2.08. The van der Waals surface area contributed by atoms with E-state index in [4.69, 9.17) is 0 Å². The highest BCUT2D eigenvalue weighted by Crippen LogP contribution is 2.41. The topological polar surface area (TPSA) is 57.5 Å². The van der Waals surface area contributed by atoms with Crippen molar-refractivity contribution in [3.8, 4) is 0 Å². The molecule has 1 fully saturated rings. The number of hydrogen-bond donors (Lipinski definition) is 2. The zero-order chi connectivity index (χ0) is 10.8. The maximum atomic E-state index is 11.2. The highest BCUT2D eigenvalue weighted by molar-refractivity contribution is 5.74. The molecule has 14 heavy (non-hydrogen) atoms. The molecule has 0 aromatic heterocycles. The van der Waals surface area contributed by atoms with Gasteiger partial charge in [0.05, 0.1) is 11.5 Å². The second kappa shape index (κ2) is 4.30. The van der Waals surface area contributed by atoms with E-state index in [1.807, 2.05) is 13.8 Å². The summed E-state index contributed by atoms with van der Waals surface area (Å²) in [5.41, 5.74) is -0.597. The van der Waals surface area contributed by atoms with Crippen molar-refractivity contribution < 1.29 is 15.0 Å². The normalized spacial score (nSPS) is 32.2. The zero-order valence-electron chi connectivity index (χ0n) is 8.99. The summed E-state index contributed by atoms with van der Waals surface area (Å²) in [7, 11) is 0. The third-order valence-corrected chi connectivity index (χ3v) is 3.82. The van der Waals surface area contributed by atoms with Crippen molar-refractivity contribution in [2.24, 2.45) is 11.3 Å². The van der Waals surface area contributed by atoms with Gasteiger partial charge in [-0.1, -0.05) is 6.92 Å². The van der Waals surface area contributed by atoms with Gasteiger partial charge in [0.25, 0.3) is 0 Å². The van der Waals surface area contributed by atoms with Crippen LogP contribution in [-0.2, 0) is 4.79 Å². The predicted octanol–water partition coefficient (Wildman–Crippen LogP) is 2.04. The summed E-state index contributed by atoms with van der Waals surface area (Å²) in [4.78, 5) is 11.2. The van der Waals surface area contributed by atoms with Gasteiger partial charge in [0.15, 0.2) is 0 Å². The van der Waals surface area contributed by atoms with E-state index in [9.17, 15) is 15.0 Å². The van der Waals surface area contributed by atoms with E-state index < -0.39 is 11.4 Å². The van der Waals surface area contributed by atoms with E-state index in [2.05, 4.69) is 0 Å². The Kier molecular flexibility index (Phi) is 3.53. The molecule has 1 saturated carbocycles. The van der Waals surface area contributed by atoms with Gasteiger partial charge < -0.3 is 10.2 Å². The Morgan fingerprint density at radius 2 is 1.86 bits per heavy atom. The summed E-state index contributed by atoms with van der Waals surface area (Å²) in [6.45, 7) is 3.76. The zero-order valence-corrected chi connectivity index (χ0v) is 8.99. The van der Waals surface area contributed by atoms with Crippen molar-refractivity contribution in [2.75, 3.05) is 0 Å². The molecule has 0 aromatic carbocycles. The van der Waals surface area contributed by atoms with Crippen molar-refractivity contribution in [3.63, 3.8) is 0 Å². The van der Waals surface area contributed by atoms with Crippen molar-refractivity contribution in [3.05, 3.63) is 0 Å². The average Bonchev–Trinajstić information content (AvgIpc) is 2.17. The number of carbonyl (C=O) groups is 1. The first-order chi connectivity index (χ1) is 6.50. The number of rotatable bonds is 3. The SMILES string of the molecule is CCC(C)(C(=O)O)C1CCC(O)CC1. The molecule has 0 heterocycles. The Hall–Kier alpha value is -0.570. The second-order valence-electron chi connectivity index (χ2n) is 4.58. The van der Waals surface area contributed by atoms with Crippen LogP contribution in [0.1, 0.15) is 46.0 Å². The average molecular weight is 200 g/mol. The molecule has 1 atom stereocenters. The Balaban J connectivity index is 2.66. The minimum absolute atomic E-state index is 0.207. The van der Waals surface area contributed by atoms with E-state index >= 15 is 0 Å². The number of hydrogen-bond acceptors (Lipinski definition) is 2. The standard InChI is InChI=1S/C11H20O3/c1-3-11(2,10(13)14)8-4-6-9(12)7-5-8/h8-9,12H,3-7H2,1-2H3,(H,13,14). The summed E-state index contributed by atoms with van der Waals surface area (Å²) in [5.74, 6) is -0.463. The summed E-state index contributed by atoms with van der Waals surface area (Å²) >= 11 is 0. The lowest BCUT2D eigenvalue weighted by Gasteiger charge is -2.37. The molecule has 1 unspecified atom stereocenters. The monoisotopic (exact) mass is 200 g/mol. The minimum atomic E-state index is -0.693.